The first kappa shape index (κ1) is 27.0. The Hall–Kier alpha value is -4.02. The number of hydrogen-bond donors (Lipinski definition) is 2. The fourth-order valence-corrected chi connectivity index (χ4v) is 5.19. The van der Waals surface area contributed by atoms with Gasteiger partial charge in [0, 0.05) is 27.1 Å². The molecule has 1 heterocycles. The minimum Gasteiger partial charge on any atom is -0.497 e. The summed E-state index contributed by atoms with van der Waals surface area (Å²) in [5, 5.41) is 7.81. The van der Waals surface area contributed by atoms with Crippen LogP contribution in [-0.2, 0) is 4.79 Å². The maximum Gasteiger partial charge on any atom is 0.255 e. The number of benzene rings is 3. The van der Waals surface area contributed by atoms with Crippen LogP contribution in [0.15, 0.2) is 77.0 Å². The lowest BCUT2D eigenvalue weighted by Crippen LogP contribution is -2.22. The molecule has 0 bridgehead atoms. The molecule has 0 saturated carbocycles. The van der Waals surface area contributed by atoms with Gasteiger partial charge in [0.05, 0.1) is 32.3 Å². The minimum absolute atomic E-state index is 0.165. The van der Waals surface area contributed by atoms with Crippen LogP contribution in [-0.4, -0.2) is 43.4 Å². The molecule has 8 nitrogen and oxygen atoms in total. The third kappa shape index (κ3) is 6.64. The van der Waals surface area contributed by atoms with Crippen molar-refractivity contribution in [3.8, 4) is 28.5 Å². The molecule has 2 amide bonds. The van der Waals surface area contributed by atoms with Gasteiger partial charge in [-0.2, -0.15) is 0 Å². The molecular formula is C28H27N3O5S2. The Morgan fingerprint density at radius 1 is 0.895 bits per heavy atom. The van der Waals surface area contributed by atoms with Gasteiger partial charge >= 0.3 is 0 Å². The molecule has 0 radical (unpaired) electrons. The van der Waals surface area contributed by atoms with Crippen LogP contribution in [0.25, 0.3) is 11.3 Å². The minimum atomic E-state index is -0.393. The molecule has 0 fully saturated rings. The summed E-state index contributed by atoms with van der Waals surface area (Å²) in [5.74, 6) is 1.31. The number of rotatable bonds is 10. The van der Waals surface area contributed by atoms with Gasteiger partial charge in [-0.3, -0.25) is 9.59 Å². The van der Waals surface area contributed by atoms with Crippen molar-refractivity contribution in [2.45, 2.75) is 17.1 Å². The Morgan fingerprint density at radius 2 is 1.68 bits per heavy atom. The second-order valence-electron chi connectivity index (χ2n) is 8.07. The molecule has 4 rings (SSSR count). The largest absolute Gasteiger partial charge is 0.497 e. The molecule has 1 atom stereocenters. The molecule has 4 aromatic rings. The highest BCUT2D eigenvalue weighted by Gasteiger charge is 2.17. The molecule has 0 saturated heterocycles. The standard InChI is InChI=1S/C28H27N3O5S2/c1-17(26(32)31-28-30-23(16-37-28)18-7-5-9-21(13-18)34-2)38-22-10-6-8-20(15-22)29-27(33)19-11-12-24(35-3)25(14-19)36-4/h5-17H,1-4H3,(H,29,33)(H,30,31,32). The molecule has 1 unspecified atom stereocenters. The van der Waals surface area contributed by atoms with Crippen LogP contribution >= 0.6 is 23.1 Å². The second-order valence-corrected chi connectivity index (χ2v) is 10.3. The van der Waals surface area contributed by atoms with Gasteiger partial charge in [-0.15, -0.1) is 23.1 Å². The van der Waals surface area contributed by atoms with Crippen LogP contribution in [0.4, 0.5) is 10.8 Å². The number of carbonyl (C=O) groups is 2. The number of nitrogens with one attached hydrogen (secondary N) is 2. The van der Waals surface area contributed by atoms with Crippen LogP contribution in [0, 0.1) is 0 Å². The number of thioether (sulfide) groups is 1. The molecule has 0 spiro atoms. The van der Waals surface area contributed by atoms with Gasteiger partial charge in [0.2, 0.25) is 5.91 Å². The predicted molar refractivity (Wildman–Crippen MR) is 152 cm³/mol. The quantitative estimate of drug-likeness (QED) is 0.227. The number of aromatic nitrogens is 1. The summed E-state index contributed by atoms with van der Waals surface area (Å²) >= 11 is 2.75. The average Bonchev–Trinajstić information content (AvgIpc) is 3.41. The highest BCUT2D eigenvalue weighted by molar-refractivity contribution is 8.00. The van der Waals surface area contributed by atoms with Crippen LogP contribution in [0.2, 0.25) is 0 Å². The van der Waals surface area contributed by atoms with Crippen molar-refractivity contribution >= 4 is 45.7 Å². The molecule has 3 aromatic carbocycles. The Balaban J connectivity index is 1.37. The topological polar surface area (TPSA) is 98.8 Å². The first-order valence-corrected chi connectivity index (χ1v) is 13.4. The summed E-state index contributed by atoms with van der Waals surface area (Å²) in [6.45, 7) is 1.82. The highest BCUT2D eigenvalue weighted by atomic mass is 32.2. The molecular weight excluding hydrogens is 522 g/mol. The van der Waals surface area contributed by atoms with Gasteiger partial charge in [-0.1, -0.05) is 18.2 Å². The number of thiazole rings is 1. The van der Waals surface area contributed by atoms with Crippen molar-refractivity contribution in [1.29, 1.82) is 0 Å². The number of ether oxygens (including phenoxy) is 3. The zero-order valence-electron chi connectivity index (χ0n) is 21.3. The predicted octanol–water partition coefficient (Wildman–Crippen LogP) is 6.21. The van der Waals surface area contributed by atoms with Crippen molar-refractivity contribution in [3.63, 3.8) is 0 Å². The number of nitrogens with zero attached hydrogens (tertiary/aromatic N) is 1. The number of methoxy groups -OCH3 is 3. The molecule has 1 aromatic heterocycles. The van der Waals surface area contributed by atoms with Gasteiger partial charge in [0.1, 0.15) is 5.75 Å². The second kappa shape index (κ2) is 12.5. The monoisotopic (exact) mass is 549 g/mol. The first-order valence-electron chi connectivity index (χ1n) is 11.6. The van der Waals surface area contributed by atoms with Crippen molar-refractivity contribution in [2.75, 3.05) is 32.0 Å². The van der Waals surface area contributed by atoms with Crippen LogP contribution in [0.3, 0.4) is 0 Å². The highest BCUT2D eigenvalue weighted by Crippen LogP contribution is 2.31. The summed E-state index contributed by atoms with van der Waals surface area (Å²) in [6.07, 6.45) is 0. The van der Waals surface area contributed by atoms with Crippen molar-refractivity contribution in [2.24, 2.45) is 0 Å². The van der Waals surface area contributed by atoms with E-state index in [4.69, 9.17) is 14.2 Å². The first-order chi connectivity index (χ1) is 18.4. The molecule has 0 aliphatic carbocycles. The van der Waals surface area contributed by atoms with Gasteiger partial charge in [-0.25, -0.2) is 4.98 Å². The van der Waals surface area contributed by atoms with E-state index in [0.29, 0.717) is 27.9 Å². The van der Waals surface area contributed by atoms with Crippen molar-refractivity contribution in [3.05, 3.63) is 77.7 Å². The fraction of sp³-hybridized carbons (Fsp3) is 0.179. The summed E-state index contributed by atoms with van der Waals surface area (Å²) in [4.78, 5) is 31.0. The van der Waals surface area contributed by atoms with E-state index in [-0.39, 0.29) is 11.8 Å². The van der Waals surface area contributed by atoms with Crippen LogP contribution in [0.1, 0.15) is 17.3 Å². The van der Waals surface area contributed by atoms with E-state index in [1.165, 1.54) is 30.2 Å². The van der Waals surface area contributed by atoms with E-state index in [1.54, 1.807) is 38.5 Å². The summed E-state index contributed by atoms with van der Waals surface area (Å²) < 4.78 is 15.8. The number of anilines is 2. The number of hydrogen-bond acceptors (Lipinski definition) is 8. The number of amides is 2. The van der Waals surface area contributed by atoms with Gasteiger partial charge in [0.25, 0.3) is 5.91 Å². The fourth-order valence-electron chi connectivity index (χ4n) is 3.54. The van der Waals surface area contributed by atoms with Crippen LogP contribution < -0.4 is 24.8 Å². The SMILES string of the molecule is COc1cccc(-c2csc(NC(=O)C(C)Sc3cccc(NC(=O)c4ccc(OC)c(OC)c4)c3)n2)c1. The van der Waals surface area contributed by atoms with Gasteiger partial charge in [-0.05, 0) is 55.5 Å². The van der Waals surface area contributed by atoms with E-state index < -0.39 is 5.25 Å². The van der Waals surface area contributed by atoms with Crippen molar-refractivity contribution in [1.82, 2.24) is 4.98 Å². The summed E-state index contributed by atoms with van der Waals surface area (Å²) in [7, 11) is 4.68. The Morgan fingerprint density at radius 3 is 2.45 bits per heavy atom. The lowest BCUT2D eigenvalue weighted by atomic mass is 10.2. The molecule has 0 aliphatic heterocycles. The van der Waals surface area contributed by atoms with E-state index in [9.17, 15) is 9.59 Å². The molecule has 2 N–H and O–H groups in total. The molecule has 0 aliphatic rings. The number of carbonyl (C=O) groups excluding carboxylic acids is 2. The molecule has 10 heteroatoms. The van der Waals surface area contributed by atoms with Crippen molar-refractivity contribution < 1.29 is 23.8 Å². The third-order valence-electron chi connectivity index (χ3n) is 5.52. The summed E-state index contributed by atoms with van der Waals surface area (Å²) in [5.41, 5.74) is 2.73. The van der Waals surface area contributed by atoms with E-state index in [0.717, 1.165) is 21.9 Å². The van der Waals surface area contributed by atoms with Gasteiger partial charge in [0.15, 0.2) is 16.6 Å². The summed E-state index contributed by atoms with van der Waals surface area (Å²) in [6, 6.07) is 19.9. The maximum atomic E-state index is 12.8. The van der Waals surface area contributed by atoms with E-state index >= 15 is 0 Å². The van der Waals surface area contributed by atoms with E-state index in [1.807, 2.05) is 54.8 Å². The zero-order valence-corrected chi connectivity index (χ0v) is 22.9. The smallest absolute Gasteiger partial charge is 0.255 e. The Kier molecular flexibility index (Phi) is 8.88. The molecule has 38 heavy (non-hydrogen) atoms. The van der Waals surface area contributed by atoms with Crippen LogP contribution in [0.5, 0.6) is 17.2 Å². The lowest BCUT2D eigenvalue weighted by molar-refractivity contribution is -0.115. The molecule has 196 valence electrons. The van der Waals surface area contributed by atoms with E-state index in [2.05, 4.69) is 15.6 Å². The third-order valence-corrected chi connectivity index (χ3v) is 7.37. The zero-order chi connectivity index (χ0) is 27.1. The normalized spacial score (nSPS) is 11.4. The maximum absolute atomic E-state index is 12.8. The Labute approximate surface area is 229 Å². The van der Waals surface area contributed by atoms with Gasteiger partial charge < -0.3 is 24.8 Å². The lowest BCUT2D eigenvalue weighted by Gasteiger charge is -2.12. The Bertz CT molecular complexity index is 1440. The average molecular weight is 550 g/mol.